The molecule has 0 spiro atoms. The number of hydrogen-bond donors (Lipinski definition) is 0. The monoisotopic (exact) mass is 401 g/mol. The standard InChI is InChI=1S/C14H18F3NO7S/c1-7-8(25-26(21,22)14(15,16)17)13(11(20)23-5)6-24-10(12(2,3)4)18(13)9(7)19/h10H,6H2,1-5H3/t10-,13-/m1/s1. The van der Waals surface area contributed by atoms with Crippen molar-refractivity contribution in [2.45, 2.75) is 45.0 Å². The van der Waals surface area contributed by atoms with Crippen molar-refractivity contribution in [3.05, 3.63) is 11.3 Å². The fraction of sp³-hybridized carbons (Fsp3) is 0.714. The zero-order valence-corrected chi connectivity index (χ0v) is 15.4. The van der Waals surface area contributed by atoms with E-state index >= 15 is 0 Å². The summed E-state index contributed by atoms with van der Waals surface area (Å²) in [6.45, 7) is 5.51. The molecule has 2 atom stereocenters. The molecule has 0 aliphatic carbocycles. The smallest absolute Gasteiger partial charge is 0.467 e. The van der Waals surface area contributed by atoms with E-state index in [1.807, 2.05) is 0 Å². The SMILES string of the molecule is COC(=O)[C@]12CO[C@H](C(C)(C)C)N1C(=O)C(C)=C2OS(=O)(=O)C(F)(F)F. The van der Waals surface area contributed by atoms with E-state index in [-0.39, 0.29) is 0 Å². The molecule has 0 aromatic heterocycles. The zero-order valence-electron chi connectivity index (χ0n) is 14.6. The lowest BCUT2D eigenvalue weighted by Gasteiger charge is -2.36. The van der Waals surface area contributed by atoms with Crippen LogP contribution in [0.25, 0.3) is 0 Å². The summed E-state index contributed by atoms with van der Waals surface area (Å²) in [5.74, 6) is -3.00. The highest BCUT2D eigenvalue weighted by atomic mass is 32.2. The van der Waals surface area contributed by atoms with E-state index in [0.717, 1.165) is 18.9 Å². The molecule has 0 aromatic rings. The number of ether oxygens (including phenoxy) is 2. The molecule has 0 saturated carbocycles. The number of esters is 1. The lowest BCUT2D eigenvalue weighted by atomic mass is 9.91. The summed E-state index contributed by atoms with van der Waals surface area (Å²) < 4.78 is 75.5. The molecule has 26 heavy (non-hydrogen) atoms. The fourth-order valence-electron chi connectivity index (χ4n) is 2.93. The van der Waals surface area contributed by atoms with Gasteiger partial charge in [-0.3, -0.25) is 9.69 Å². The zero-order chi connectivity index (χ0) is 20.3. The van der Waals surface area contributed by atoms with Crippen molar-refractivity contribution >= 4 is 22.0 Å². The largest absolute Gasteiger partial charge is 0.534 e. The maximum absolute atomic E-state index is 12.7. The van der Waals surface area contributed by atoms with E-state index in [2.05, 4.69) is 8.92 Å². The maximum atomic E-state index is 12.7. The highest BCUT2D eigenvalue weighted by Gasteiger charge is 2.68. The fourth-order valence-corrected chi connectivity index (χ4v) is 3.51. The van der Waals surface area contributed by atoms with Crippen molar-refractivity contribution in [1.29, 1.82) is 0 Å². The molecule has 148 valence electrons. The van der Waals surface area contributed by atoms with Gasteiger partial charge in [-0.05, 0) is 6.92 Å². The van der Waals surface area contributed by atoms with E-state index in [1.54, 1.807) is 20.8 Å². The Hall–Kier alpha value is -1.82. The number of rotatable bonds is 3. The number of alkyl halides is 3. The van der Waals surface area contributed by atoms with Gasteiger partial charge in [-0.25, -0.2) is 4.79 Å². The number of nitrogens with zero attached hydrogens (tertiary/aromatic N) is 1. The first-order valence-corrected chi connectivity index (χ1v) is 8.78. The van der Waals surface area contributed by atoms with Crippen LogP contribution in [-0.2, 0) is 33.4 Å². The molecule has 0 bridgehead atoms. The summed E-state index contributed by atoms with van der Waals surface area (Å²) >= 11 is 0. The Morgan fingerprint density at radius 1 is 1.31 bits per heavy atom. The molecular weight excluding hydrogens is 383 g/mol. The summed E-state index contributed by atoms with van der Waals surface area (Å²) in [5, 5.41) is 0. The van der Waals surface area contributed by atoms with Crippen molar-refractivity contribution in [2.75, 3.05) is 13.7 Å². The van der Waals surface area contributed by atoms with E-state index in [9.17, 15) is 31.2 Å². The van der Waals surface area contributed by atoms with Crippen molar-refractivity contribution in [3.8, 4) is 0 Å². The van der Waals surface area contributed by atoms with Crippen LogP contribution in [0.5, 0.6) is 0 Å². The van der Waals surface area contributed by atoms with Gasteiger partial charge in [-0.2, -0.15) is 21.6 Å². The highest BCUT2D eigenvalue weighted by Crippen LogP contribution is 2.48. The van der Waals surface area contributed by atoms with E-state index in [0.29, 0.717) is 0 Å². The van der Waals surface area contributed by atoms with Gasteiger partial charge in [-0.1, -0.05) is 20.8 Å². The first-order chi connectivity index (χ1) is 11.6. The predicted molar refractivity (Wildman–Crippen MR) is 79.5 cm³/mol. The van der Waals surface area contributed by atoms with Crippen LogP contribution in [-0.4, -0.2) is 56.2 Å². The van der Waals surface area contributed by atoms with E-state index in [1.165, 1.54) is 0 Å². The molecule has 2 heterocycles. The normalized spacial score (nSPS) is 27.0. The molecule has 0 N–H and O–H groups in total. The van der Waals surface area contributed by atoms with Crippen LogP contribution in [0.3, 0.4) is 0 Å². The molecule has 0 aromatic carbocycles. The molecule has 1 amide bonds. The van der Waals surface area contributed by atoms with Gasteiger partial charge in [0, 0.05) is 5.41 Å². The molecule has 1 saturated heterocycles. The minimum Gasteiger partial charge on any atom is -0.467 e. The van der Waals surface area contributed by atoms with Crippen molar-refractivity contribution in [2.24, 2.45) is 5.41 Å². The topological polar surface area (TPSA) is 99.2 Å². The van der Waals surface area contributed by atoms with Gasteiger partial charge in [0.1, 0.15) is 6.23 Å². The Morgan fingerprint density at radius 2 is 1.85 bits per heavy atom. The molecular formula is C14H18F3NO7S. The molecule has 1 fully saturated rings. The molecule has 0 radical (unpaired) electrons. The third-order valence-corrected chi connectivity index (χ3v) is 5.05. The number of carbonyl (C=O) groups excluding carboxylic acids is 2. The first kappa shape index (κ1) is 20.5. The number of amides is 1. The number of halogens is 3. The van der Waals surface area contributed by atoms with Gasteiger partial charge in [0.15, 0.2) is 5.76 Å². The van der Waals surface area contributed by atoms with Gasteiger partial charge < -0.3 is 13.7 Å². The lowest BCUT2D eigenvalue weighted by molar-refractivity contribution is -0.158. The van der Waals surface area contributed by atoms with Crippen LogP contribution in [0.2, 0.25) is 0 Å². The van der Waals surface area contributed by atoms with Crippen molar-refractivity contribution < 1.29 is 44.8 Å². The van der Waals surface area contributed by atoms with Crippen LogP contribution in [0.15, 0.2) is 11.3 Å². The van der Waals surface area contributed by atoms with E-state index in [4.69, 9.17) is 4.74 Å². The van der Waals surface area contributed by atoms with Crippen LogP contribution >= 0.6 is 0 Å². The number of carbonyl (C=O) groups is 2. The Balaban J connectivity index is 2.65. The van der Waals surface area contributed by atoms with Crippen LogP contribution < -0.4 is 0 Å². The molecule has 2 aliphatic rings. The quantitative estimate of drug-likeness (QED) is 0.399. The van der Waals surface area contributed by atoms with Crippen molar-refractivity contribution in [1.82, 2.24) is 4.90 Å². The minimum absolute atomic E-state index is 0.444. The minimum atomic E-state index is -6.11. The number of hydrogen-bond acceptors (Lipinski definition) is 7. The Morgan fingerprint density at radius 3 is 2.27 bits per heavy atom. The molecule has 12 heteroatoms. The number of methoxy groups -OCH3 is 1. The maximum Gasteiger partial charge on any atom is 0.534 e. The van der Waals surface area contributed by atoms with Gasteiger partial charge in [-0.15, -0.1) is 0 Å². The summed E-state index contributed by atoms with van der Waals surface area (Å²) in [4.78, 5) is 26.0. The van der Waals surface area contributed by atoms with Crippen LogP contribution in [0, 0.1) is 5.41 Å². The Bertz CT molecular complexity index is 781. The third-order valence-electron chi connectivity index (χ3n) is 4.09. The summed E-state index contributed by atoms with van der Waals surface area (Å²) in [5.41, 5.74) is -9.16. The predicted octanol–water partition coefficient (Wildman–Crippen LogP) is 1.28. The van der Waals surface area contributed by atoms with Gasteiger partial charge in [0.2, 0.25) is 5.54 Å². The van der Waals surface area contributed by atoms with Gasteiger partial charge >= 0.3 is 21.6 Å². The van der Waals surface area contributed by atoms with Crippen LogP contribution in [0.4, 0.5) is 13.2 Å². The summed E-state index contributed by atoms with van der Waals surface area (Å²) in [7, 11) is -5.16. The van der Waals surface area contributed by atoms with Gasteiger partial charge in [0.25, 0.3) is 5.91 Å². The average Bonchev–Trinajstić information content (AvgIpc) is 2.97. The Kier molecular flexibility index (Phi) is 4.60. The molecule has 2 rings (SSSR count). The Labute approximate surface area is 148 Å². The highest BCUT2D eigenvalue weighted by molar-refractivity contribution is 7.87. The summed E-state index contributed by atoms with van der Waals surface area (Å²) in [6, 6.07) is 0. The average molecular weight is 401 g/mol. The molecule has 8 nitrogen and oxygen atoms in total. The number of fused-ring (bicyclic) bond motifs is 1. The molecule has 0 unspecified atom stereocenters. The second-order valence-corrected chi connectivity index (χ2v) is 8.53. The second kappa shape index (κ2) is 5.84. The molecule has 2 aliphatic heterocycles. The van der Waals surface area contributed by atoms with Crippen molar-refractivity contribution in [3.63, 3.8) is 0 Å². The third kappa shape index (κ3) is 2.75. The van der Waals surface area contributed by atoms with Gasteiger partial charge in [0.05, 0.1) is 19.3 Å². The first-order valence-electron chi connectivity index (χ1n) is 7.37. The van der Waals surface area contributed by atoms with E-state index < -0.39 is 62.6 Å². The lowest BCUT2D eigenvalue weighted by Crippen LogP contribution is -2.57. The van der Waals surface area contributed by atoms with Crippen LogP contribution in [0.1, 0.15) is 27.7 Å². The second-order valence-electron chi connectivity index (χ2n) is 6.99. The summed E-state index contributed by atoms with van der Waals surface area (Å²) in [6.07, 6.45) is -1.02.